The molecule has 3 aromatic carbocycles. The Hall–Kier alpha value is -4.26. The van der Waals surface area contributed by atoms with Gasteiger partial charge in [-0.25, -0.2) is 4.79 Å². The first kappa shape index (κ1) is 26.8. The van der Waals surface area contributed by atoms with Gasteiger partial charge in [0, 0.05) is 6.04 Å². The lowest BCUT2D eigenvalue weighted by molar-refractivity contribution is -0.176. The fraction of sp³-hybridized carbons (Fsp3) is 0.290. The maximum absolute atomic E-state index is 13.3. The van der Waals surface area contributed by atoms with Crippen LogP contribution in [0, 0.1) is 5.92 Å². The van der Waals surface area contributed by atoms with E-state index in [1.54, 1.807) is 26.2 Å². The van der Waals surface area contributed by atoms with E-state index >= 15 is 0 Å². The zero-order valence-corrected chi connectivity index (χ0v) is 22.0. The molecule has 0 saturated carbocycles. The van der Waals surface area contributed by atoms with Crippen molar-refractivity contribution in [3.8, 4) is 17.2 Å². The predicted octanol–water partition coefficient (Wildman–Crippen LogP) is 4.62. The number of amides is 1. The standard InChI is InChI=1S/C31H33NO6/c1-5-28-29(31(34)38-20-23-10-16-27(37-4)17-11-23)32(30(28)33)24(18-21-6-12-25(35-2)13-7-21)19-22-8-14-26(36-3)15-9-22/h5-17,24,28-29H,1,18-20H2,2-4H3. The Bertz CT molecular complexity index is 1190. The summed E-state index contributed by atoms with van der Waals surface area (Å²) < 4.78 is 21.4. The smallest absolute Gasteiger partial charge is 0.330 e. The second-order valence-corrected chi connectivity index (χ2v) is 9.17. The van der Waals surface area contributed by atoms with Crippen molar-refractivity contribution in [2.45, 2.75) is 31.5 Å². The van der Waals surface area contributed by atoms with E-state index in [2.05, 4.69) is 6.58 Å². The third-order valence-electron chi connectivity index (χ3n) is 6.87. The first-order valence-corrected chi connectivity index (χ1v) is 12.5. The fourth-order valence-corrected chi connectivity index (χ4v) is 4.73. The van der Waals surface area contributed by atoms with Gasteiger partial charge in [-0.15, -0.1) is 6.58 Å². The summed E-state index contributed by atoms with van der Waals surface area (Å²) in [6, 6.07) is 21.8. The Labute approximate surface area is 223 Å². The quantitative estimate of drug-likeness (QED) is 0.199. The van der Waals surface area contributed by atoms with Crippen molar-refractivity contribution >= 4 is 11.9 Å². The number of ether oxygens (including phenoxy) is 4. The molecule has 7 heteroatoms. The van der Waals surface area contributed by atoms with Crippen LogP contribution in [-0.2, 0) is 33.8 Å². The number of carbonyl (C=O) groups excluding carboxylic acids is 2. The zero-order valence-electron chi connectivity index (χ0n) is 22.0. The van der Waals surface area contributed by atoms with Crippen LogP contribution in [0.1, 0.15) is 16.7 Å². The van der Waals surface area contributed by atoms with Gasteiger partial charge in [-0.05, 0) is 65.9 Å². The normalized spacial score (nSPS) is 16.5. The van der Waals surface area contributed by atoms with Gasteiger partial charge in [0.1, 0.15) is 29.9 Å². The Kier molecular flexibility index (Phi) is 8.69. The van der Waals surface area contributed by atoms with Gasteiger partial charge in [0.25, 0.3) is 0 Å². The van der Waals surface area contributed by atoms with Crippen molar-refractivity contribution in [2.24, 2.45) is 5.92 Å². The number of hydrogen-bond acceptors (Lipinski definition) is 6. The Morgan fingerprint density at radius 3 is 1.61 bits per heavy atom. The van der Waals surface area contributed by atoms with Crippen LogP contribution < -0.4 is 14.2 Å². The SMILES string of the molecule is C=CC1C(=O)N(C(Cc2ccc(OC)cc2)Cc2ccc(OC)cc2)C1C(=O)OCc1ccc(OC)cc1. The van der Waals surface area contributed by atoms with E-state index in [-0.39, 0.29) is 18.6 Å². The third kappa shape index (κ3) is 5.99. The Morgan fingerprint density at radius 2 is 1.21 bits per heavy atom. The molecule has 1 aliphatic heterocycles. The van der Waals surface area contributed by atoms with Crippen molar-refractivity contribution in [1.29, 1.82) is 0 Å². The van der Waals surface area contributed by atoms with E-state index in [4.69, 9.17) is 18.9 Å². The van der Waals surface area contributed by atoms with Crippen LogP contribution in [0.4, 0.5) is 0 Å². The maximum Gasteiger partial charge on any atom is 0.330 e. The van der Waals surface area contributed by atoms with Crippen molar-refractivity contribution < 1.29 is 28.5 Å². The van der Waals surface area contributed by atoms with Crippen LogP contribution in [0.2, 0.25) is 0 Å². The molecule has 1 aliphatic rings. The van der Waals surface area contributed by atoms with E-state index in [0.717, 1.165) is 33.9 Å². The number of likely N-dealkylation sites (tertiary alicyclic amines) is 1. The molecule has 0 radical (unpaired) electrons. The number of carbonyl (C=O) groups is 2. The van der Waals surface area contributed by atoms with Crippen molar-refractivity contribution in [1.82, 2.24) is 4.90 Å². The van der Waals surface area contributed by atoms with Gasteiger partial charge in [0.2, 0.25) is 5.91 Å². The number of methoxy groups -OCH3 is 3. The highest BCUT2D eigenvalue weighted by Gasteiger charge is 2.53. The second-order valence-electron chi connectivity index (χ2n) is 9.17. The average Bonchev–Trinajstić information content (AvgIpc) is 2.95. The highest BCUT2D eigenvalue weighted by Crippen LogP contribution is 2.34. The molecule has 1 fully saturated rings. The van der Waals surface area contributed by atoms with Crippen LogP contribution in [0.25, 0.3) is 0 Å². The molecule has 2 unspecified atom stereocenters. The summed E-state index contributed by atoms with van der Waals surface area (Å²) in [5, 5.41) is 0. The lowest BCUT2D eigenvalue weighted by Crippen LogP contribution is -2.67. The minimum Gasteiger partial charge on any atom is -0.497 e. The number of benzene rings is 3. The molecule has 1 saturated heterocycles. The summed E-state index contributed by atoms with van der Waals surface area (Å²) in [4.78, 5) is 28.2. The van der Waals surface area contributed by atoms with Crippen molar-refractivity contribution in [3.05, 3.63) is 102 Å². The van der Waals surface area contributed by atoms with Crippen molar-refractivity contribution in [3.63, 3.8) is 0 Å². The molecular weight excluding hydrogens is 482 g/mol. The van der Waals surface area contributed by atoms with E-state index in [9.17, 15) is 9.59 Å². The minimum absolute atomic E-state index is 0.104. The molecule has 3 aromatic rings. The first-order chi connectivity index (χ1) is 18.5. The first-order valence-electron chi connectivity index (χ1n) is 12.5. The predicted molar refractivity (Wildman–Crippen MR) is 144 cm³/mol. The lowest BCUT2D eigenvalue weighted by Gasteiger charge is -2.48. The van der Waals surface area contributed by atoms with Gasteiger partial charge < -0.3 is 23.8 Å². The van der Waals surface area contributed by atoms with Gasteiger partial charge in [0.15, 0.2) is 0 Å². The molecule has 0 bridgehead atoms. The summed E-state index contributed by atoms with van der Waals surface area (Å²) >= 11 is 0. The second kappa shape index (κ2) is 12.3. The molecule has 1 heterocycles. The molecule has 1 amide bonds. The molecule has 0 spiro atoms. The van der Waals surface area contributed by atoms with Crippen LogP contribution >= 0.6 is 0 Å². The van der Waals surface area contributed by atoms with Gasteiger partial charge >= 0.3 is 5.97 Å². The molecule has 38 heavy (non-hydrogen) atoms. The third-order valence-corrected chi connectivity index (χ3v) is 6.87. The highest BCUT2D eigenvalue weighted by atomic mass is 16.5. The summed E-state index contributed by atoms with van der Waals surface area (Å²) in [5.74, 6) is 1.05. The molecular formula is C31H33NO6. The summed E-state index contributed by atoms with van der Waals surface area (Å²) in [5.41, 5.74) is 2.90. The number of esters is 1. The van der Waals surface area contributed by atoms with Crippen LogP contribution in [-0.4, -0.2) is 50.2 Å². The largest absolute Gasteiger partial charge is 0.497 e. The maximum atomic E-state index is 13.3. The summed E-state index contributed by atoms with van der Waals surface area (Å²) in [6.45, 7) is 3.91. The monoisotopic (exact) mass is 515 g/mol. The molecule has 198 valence electrons. The van der Waals surface area contributed by atoms with E-state index in [0.29, 0.717) is 12.8 Å². The van der Waals surface area contributed by atoms with E-state index < -0.39 is 17.9 Å². The van der Waals surface area contributed by atoms with Crippen molar-refractivity contribution in [2.75, 3.05) is 21.3 Å². The zero-order chi connectivity index (χ0) is 27.1. The summed E-state index contributed by atoms with van der Waals surface area (Å²) in [7, 11) is 4.84. The topological polar surface area (TPSA) is 74.3 Å². The molecule has 0 N–H and O–H groups in total. The van der Waals surface area contributed by atoms with Crippen LogP contribution in [0.5, 0.6) is 17.2 Å². The Balaban J connectivity index is 1.55. The number of rotatable bonds is 12. The van der Waals surface area contributed by atoms with Crippen LogP contribution in [0.3, 0.4) is 0 Å². The molecule has 0 aromatic heterocycles. The Morgan fingerprint density at radius 1 is 0.789 bits per heavy atom. The van der Waals surface area contributed by atoms with Crippen LogP contribution in [0.15, 0.2) is 85.5 Å². The number of β-lactam (4-membered cyclic amide) rings is 1. The molecule has 7 nitrogen and oxygen atoms in total. The summed E-state index contributed by atoms with van der Waals surface area (Å²) in [6.07, 6.45) is 2.66. The van der Waals surface area contributed by atoms with Gasteiger partial charge in [-0.3, -0.25) is 4.79 Å². The highest BCUT2D eigenvalue weighted by molar-refractivity contribution is 5.98. The average molecular weight is 516 g/mol. The fourth-order valence-electron chi connectivity index (χ4n) is 4.73. The van der Waals surface area contributed by atoms with Gasteiger partial charge in [-0.1, -0.05) is 42.5 Å². The molecule has 4 rings (SSSR count). The van der Waals surface area contributed by atoms with Gasteiger partial charge in [0.05, 0.1) is 27.2 Å². The van der Waals surface area contributed by atoms with Gasteiger partial charge in [-0.2, -0.15) is 0 Å². The molecule has 2 atom stereocenters. The number of nitrogens with zero attached hydrogens (tertiary/aromatic N) is 1. The molecule has 0 aliphatic carbocycles. The lowest BCUT2D eigenvalue weighted by atomic mass is 9.83. The minimum atomic E-state index is -0.736. The number of hydrogen-bond donors (Lipinski definition) is 0. The van der Waals surface area contributed by atoms with E-state index in [1.165, 1.54) is 6.08 Å². The van der Waals surface area contributed by atoms with E-state index in [1.807, 2.05) is 72.8 Å².